The van der Waals surface area contributed by atoms with Crippen LogP contribution in [0.4, 0.5) is 0 Å². The van der Waals surface area contributed by atoms with Crippen LogP contribution in [0.5, 0.6) is 0 Å². The maximum Gasteiger partial charge on any atom is 0.105 e. The lowest BCUT2D eigenvalue weighted by Gasteiger charge is -2.24. The summed E-state index contributed by atoms with van der Waals surface area (Å²) in [6, 6.07) is 0.669. The van der Waals surface area contributed by atoms with E-state index in [-0.39, 0.29) is 2.85 Å². The Morgan fingerprint density at radius 3 is 3.14 bits per heavy atom. The number of hydrogen-bond acceptors (Lipinski definition) is 3. The van der Waals surface area contributed by atoms with Crippen LogP contribution in [0.3, 0.4) is 0 Å². The first kappa shape index (κ1) is 8.74. The third-order valence-electron chi connectivity index (χ3n) is 3.51. The van der Waals surface area contributed by atoms with Crippen LogP contribution in [0.15, 0.2) is 11.8 Å². The molecule has 1 saturated carbocycles. The highest BCUT2D eigenvalue weighted by Gasteiger charge is 2.45. The Bertz CT molecular complexity index is 254. The standard InChI is InChI=1S/C11H18N2O.2H2/c1(2-9-6-12-3-4-13-9)8-7-14-11-5-10(8)11;;/h7,9-13H,1-6H2;2*1H/t9-,10?,11?;;/m0../s1. The zero-order chi connectivity index (χ0) is 9.38. The minimum absolute atomic E-state index is 0. The van der Waals surface area contributed by atoms with Gasteiger partial charge in [0.25, 0.3) is 0 Å². The van der Waals surface area contributed by atoms with E-state index in [2.05, 4.69) is 10.6 Å². The van der Waals surface area contributed by atoms with Crippen molar-refractivity contribution >= 4 is 0 Å². The highest BCUT2D eigenvalue weighted by molar-refractivity contribution is 5.20. The topological polar surface area (TPSA) is 33.3 Å². The Balaban J connectivity index is 0.000000640. The van der Waals surface area contributed by atoms with Gasteiger partial charge in [-0.2, -0.15) is 0 Å². The summed E-state index contributed by atoms with van der Waals surface area (Å²) < 4.78 is 5.48. The average Bonchev–Trinajstić information content (AvgIpc) is 2.92. The summed E-state index contributed by atoms with van der Waals surface area (Å²) in [5.74, 6) is 0.798. The molecule has 3 nitrogen and oxygen atoms in total. The summed E-state index contributed by atoms with van der Waals surface area (Å²) >= 11 is 0. The van der Waals surface area contributed by atoms with E-state index < -0.39 is 0 Å². The second-order valence-electron chi connectivity index (χ2n) is 4.60. The molecule has 2 fully saturated rings. The summed E-state index contributed by atoms with van der Waals surface area (Å²) in [4.78, 5) is 0. The Morgan fingerprint density at radius 1 is 1.50 bits per heavy atom. The zero-order valence-electron chi connectivity index (χ0n) is 8.46. The van der Waals surface area contributed by atoms with Crippen LogP contribution in [-0.2, 0) is 4.74 Å². The number of ether oxygens (including phenoxy) is 1. The molecule has 2 aliphatic heterocycles. The molecular weight excluding hydrogens is 176 g/mol. The van der Waals surface area contributed by atoms with Crippen molar-refractivity contribution in [2.75, 3.05) is 19.6 Å². The Hall–Kier alpha value is -0.540. The number of rotatable bonds is 3. The summed E-state index contributed by atoms with van der Waals surface area (Å²) in [5.41, 5.74) is 1.56. The molecule has 14 heavy (non-hydrogen) atoms. The molecule has 0 aromatic carbocycles. The Morgan fingerprint density at radius 2 is 2.50 bits per heavy atom. The van der Waals surface area contributed by atoms with Crippen LogP contribution in [0, 0.1) is 5.92 Å². The lowest BCUT2D eigenvalue weighted by atomic mass is 10.0. The van der Waals surface area contributed by atoms with Gasteiger partial charge in [-0.1, -0.05) is 0 Å². The quantitative estimate of drug-likeness (QED) is 0.713. The van der Waals surface area contributed by atoms with E-state index in [1.807, 2.05) is 6.26 Å². The van der Waals surface area contributed by atoms with Gasteiger partial charge < -0.3 is 15.4 Å². The van der Waals surface area contributed by atoms with E-state index in [1.54, 1.807) is 5.57 Å². The molecule has 0 radical (unpaired) electrons. The fraction of sp³-hybridized carbons (Fsp3) is 0.818. The van der Waals surface area contributed by atoms with Crippen molar-refractivity contribution in [2.45, 2.75) is 31.4 Å². The maximum absolute atomic E-state index is 5.48. The van der Waals surface area contributed by atoms with Crippen LogP contribution in [0.25, 0.3) is 0 Å². The lowest BCUT2D eigenvalue weighted by molar-refractivity contribution is 0.243. The molecule has 82 valence electrons. The van der Waals surface area contributed by atoms with Crippen molar-refractivity contribution in [2.24, 2.45) is 5.92 Å². The fourth-order valence-electron chi connectivity index (χ4n) is 2.48. The predicted octanol–water partition coefficient (Wildman–Crippen LogP) is 1.12. The van der Waals surface area contributed by atoms with Gasteiger partial charge in [-0.05, 0) is 24.8 Å². The zero-order valence-corrected chi connectivity index (χ0v) is 8.46. The van der Waals surface area contributed by atoms with Crippen molar-refractivity contribution < 1.29 is 7.59 Å². The third kappa shape index (κ3) is 1.66. The Labute approximate surface area is 87.9 Å². The molecule has 0 amide bonds. The van der Waals surface area contributed by atoms with Crippen molar-refractivity contribution in [1.29, 1.82) is 0 Å². The maximum atomic E-state index is 5.48. The minimum atomic E-state index is 0. The summed E-state index contributed by atoms with van der Waals surface area (Å²) in [6.45, 7) is 3.36. The first-order valence-electron chi connectivity index (χ1n) is 5.72. The van der Waals surface area contributed by atoms with Gasteiger partial charge in [0.2, 0.25) is 0 Å². The van der Waals surface area contributed by atoms with E-state index in [4.69, 9.17) is 4.74 Å². The van der Waals surface area contributed by atoms with Crippen LogP contribution >= 0.6 is 0 Å². The van der Waals surface area contributed by atoms with E-state index in [1.165, 1.54) is 19.3 Å². The van der Waals surface area contributed by atoms with E-state index in [9.17, 15) is 0 Å². The molecule has 1 aliphatic carbocycles. The van der Waals surface area contributed by atoms with Crippen molar-refractivity contribution in [1.82, 2.24) is 10.6 Å². The molecule has 2 heterocycles. The highest BCUT2D eigenvalue weighted by atomic mass is 16.5. The second-order valence-corrected chi connectivity index (χ2v) is 4.60. The molecule has 0 spiro atoms. The molecule has 2 unspecified atom stereocenters. The molecule has 1 saturated heterocycles. The largest absolute Gasteiger partial charge is 0.497 e. The van der Waals surface area contributed by atoms with Gasteiger partial charge in [0, 0.05) is 34.4 Å². The van der Waals surface area contributed by atoms with Gasteiger partial charge in [-0.15, -0.1) is 0 Å². The minimum Gasteiger partial charge on any atom is -0.497 e. The molecule has 0 aromatic heterocycles. The first-order chi connectivity index (χ1) is 6.93. The molecule has 0 aromatic rings. The number of piperazine rings is 1. The number of nitrogens with one attached hydrogen (secondary N) is 2. The monoisotopic (exact) mass is 198 g/mol. The van der Waals surface area contributed by atoms with Gasteiger partial charge in [0.1, 0.15) is 6.10 Å². The predicted molar refractivity (Wildman–Crippen MR) is 59.2 cm³/mol. The first-order valence-corrected chi connectivity index (χ1v) is 5.72. The van der Waals surface area contributed by atoms with Crippen LogP contribution in [-0.4, -0.2) is 31.8 Å². The smallest absolute Gasteiger partial charge is 0.105 e. The van der Waals surface area contributed by atoms with Gasteiger partial charge in [-0.3, -0.25) is 0 Å². The van der Waals surface area contributed by atoms with Crippen LogP contribution in [0.1, 0.15) is 22.1 Å². The van der Waals surface area contributed by atoms with Gasteiger partial charge in [-0.25, -0.2) is 0 Å². The molecule has 0 bridgehead atoms. The number of hydrogen-bond donors (Lipinski definition) is 2. The number of fused-ring (bicyclic) bond motifs is 1. The van der Waals surface area contributed by atoms with Crippen molar-refractivity contribution in [3.63, 3.8) is 0 Å². The van der Waals surface area contributed by atoms with Gasteiger partial charge in [0.15, 0.2) is 0 Å². The highest BCUT2D eigenvalue weighted by Crippen LogP contribution is 2.46. The summed E-state index contributed by atoms with van der Waals surface area (Å²) in [7, 11) is 0. The molecule has 3 aliphatic rings. The third-order valence-corrected chi connectivity index (χ3v) is 3.51. The Kier molecular flexibility index (Phi) is 2.22. The molecule has 2 N–H and O–H groups in total. The molecule has 3 rings (SSSR count). The van der Waals surface area contributed by atoms with Gasteiger partial charge >= 0.3 is 0 Å². The normalized spacial score (nSPS) is 40.0. The molecular formula is C11H22N2O. The van der Waals surface area contributed by atoms with Crippen molar-refractivity contribution in [3.8, 4) is 0 Å². The summed E-state index contributed by atoms with van der Waals surface area (Å²) in [6.07, 6.45) is 6.34. The van der Waals surface area contributed by atoms with Crippen LogP contribution in [0.2, 0.25) is 0 Å². The van der Waals surface area contributed by atoms with E-state index in [0.717, 1.165) is 25.6 Å². The average molecular weight is 198 g/mol. The fourth-order valence-corrected chi connectivity index (χ4v) is 2.48. The van der Waals surface area contributed by atoms with E-state index >= 15 is 0 Å². The van der Waals surface area contributed by atoms with Gasteiger partial charge in [0.05, 0.1) is 6.26 Å². The SMILES string of the molecule is C1=C(CC[C@H]2CNCCN2)C2CC2O1.[HH].[HH]. The lowest BCUT2D eigenvalue weighted by Crippen LogP contribution is -2.48. The summed E-state index contributed by atoms with van der Waals surface area (Å²) in [5, 5.41) is 6.96. The van der Waals surface area contributed by atoms with E-state index in [0.29, 0.717) is 12.1 Å². The second kappa shape index (κ2) is 3.55. The molecule has 3 atom stereocenters. The van der Waals surface area contributed by atoms with Crippen LogP contribution < -0.4 is 10.6 Å². The molecule has 3 heteroatoms. The van der Waals surface area contributed by atoms with Crippen molar-refractivity contribution in [3.05, 3.63) is 11.8 Å².